The molecule has 1 aliphatic rings. The van der Waals surface area contributed by atoms with E-state index in [9.17, 15) is 9.59 Å². The third-order valence-electron chi connectivity index (χ3n) is 5.29. The minimum atomic E-state index is -0.369. The van der Waals surface area contributed by atoms with E-state index in [-0.39, 0.29) is 29.2 Å². The molecule has 26 heavy (non-hydrogen) atoms. The first-order valence-corrected chi connectivity index (χ1v) is 9.35. The SMILES string of the molecule is COc1ccccc1C(C)N(C)C(=O)C1CCN(C(=O)C(C)(C)C)CC1. The molecular weight excluding hydrogens is 328 g/mol. The third kappa shape index (κ3) is 4.37. The molecule has 0 N–H and O–H groups in total. The summed E-state index contributed by atoms with van der Waals surface area (Å²) in [5.41, 5.74) is 0.637. The average Bonchev–Trinajstić information content (AvgIpc) is 2.65. The van der Waals surface area contributed by atoms with Gasteiger partial charge in [-0.3, -0.25) is 9.59 Å². The summed E-state index contributed by atoms with van der Waals surface area (Å²) in [6.45, 7) is 9.15. The fraction of sp³-hybridized carbons (Fsp3) is 0.619. The molecule has 1 atom stereocenters. The normalized spacial score (nSPS) is 16.9. The van der Waals surface area contributed by atoms with E-state index >= 15 is 0 Å². The Morgan fingerprint density at radius 1 is 1.19 bits per heavy atom. The highest BCUT2D eigenvalue weighted by Crippen LogP contribution is 2.31. The molecule has 0 spiro atoms. The van der Waals surface area contributed by atoms with Crippen molar-refractivity contribution in [2.75, 3.05) is 27.2 Å². The van der Waals surface area contributed by atoms with Crippen LogP contribution in [0.1, 0.15) is 52.1 Å². The van der Waals surface area contributed by atoms with Gasteiger partial charge in [0.1, 0.15) is 5.75 Å². The molecule has 2 rings (SSSR count). The van der Waals surface area contributed by atoms with Gasteiger partial charge in [-0.2, -0.15) is 0 Å². The second-order valence-electron chi connectivity index (χ2n) is 8.18. The quantitative estimate of drug-likeness (QED) is 0.826. The molecule has 1 saturated heterocycles. The van der Waals surface area contributed by atoms with Crippen molar-refractivity contribution >= 4 is 11.8 Å². The van der Waals surface area contributed by atoms with Crippen molar-refractivity contribution in [2.24, 2.45) is 11.3 Å². The Morgan fingerprint density at radius 2 is 1.77 bits per heavy atom. The summed E-state index contributed by atoms with van der Waals surface area (Å²) in [4.78, 5) is 29.1. The maximum absolute atomic E-state index is 13.0. The zero-order valence-electron chi connectivity index (χ0n) is 16.9. The minimum Gasteiger partial charge on any atom is -0.496 e. The number of para-hydroxylation sites is 1. The van der Waals surface area contributed by atoms with E-state index in [0.717, 1.165) is 24.2 Å². The van der Waals surface area contributed by atoms with Gasteiger partial charge in [0.05, 0.1) is 13.2 Å². The number of rotatable bonds is 4. The van der Waals surface area contributed by atoms with Crippen molar-refractivity contribution in [3.05, 3.63) is 29.8 Å². The van der Waals surface area contributed by atoms with Crippen molar-refractivity contribution in [1.82, 2.24) is 9.80 Å². The predicted molar refractivity (Wildman–Crippen MR) is 103 cm³/mol. The molecule has 1 aromatic carbocycles. The maximum atomic E-state index is 13.0. The van der Waals surface area contributed by atoms with Gasteiger partial charge >= 0.3 is 0 Å². The van der Waals surface area contributed by atoms with Gasteiger partial charge in [0, 0.05) is 37.0 Å². The summed E-state index contributed by atoms with van der Waals surface area (Å²) in [5, 5.41) is 0. The molecule has 0 aromatic heterocycles. The van der Waals surface area contributed by atoms with Crippen molar-refractivity contribution in [3.63, 3.8) is 0 Å². The first-order chi connectivity index (χ1) is 12.2. The van der Waals surface area contributed by atoms with Gasteiger partial charge in [-0.25, -0.2) is 0 Å². The van der Waals surface area contributed by atoms with Crippen LogP contribution in [0.5, 0.6) is 5.75 Å². The van der Waals surface area contributed by atoms with Crippen LogP contribution in [0.3, 0.4) is 0 Å². The fourth-order valence-electron chi connectivity index (χ4n) is 3.50. The number of hydrogen-bond donors (Lipinski definition) is 0. The lowest BCUT2D eigenvalue weighted by atomic mass is 9.90. The molecule has 0 bridgehead atoms. The van der Waals surface area contributed by atoms with Crippen molar-refractivity contribution in [2.45, 2.75) is 46.6 Å². The highest BCUT2D eigenvalue weighted by Gasteiger charge is 2.34. The molecule has 1 aromatic rings. The Morgan fingerprint density at radius 3 is 2.31 bits per heavy atom. The van der Waals surface area contributed by atoms with Gasteiger partial charge in [-0.15, -0.1) is 0 Å². The lowest BCUT2D eigenvalue weighted by molar-refractivity contribution is -0.145. The molecule has 1 heterocycles. The Balaban J connectivity index is 2.00. The Bertz CT molecular complexity index is 643. The summed E-state index contributed by atoms with van der Waals surface area (Å²) >= 11 is 0. The van der Waals surface area contributed by atoms with Crippen LogP contribution in [0.25, 0.3) is 0 Å². The first kappa shape index (κ1) is 20.3. The molecule has 1 aliphatic heterocycles. The molecule has 0 aliphatic carbocycles. The topological polar surface area (TPSA) is 49.9 Å². The summed E-state index contributed by atoms with van der Waals surface area (Å²) < 4.78 is 5.43. The molecule has 5 nitrogen and oxygen atoms in total. The van der Waals surface area contributed by atoms with Crippen molar-refractivity contribution in [3.8, 4) is 5.75 Å². The monoisotopic (exact) mass is 360 g/mol. The number of ether oxygens (including phenoxy) is 1. The highest BCUT2D eigenvalue weighted by molar-refractivity contribution is 5.83. The number of amides is 2. The number of carbonyl (C=O) groups is 2. The van der Waals surface area contributed by atoms with Crippen molar-refractivity contribution < 1.29 is 14.3 Å². The number of nitrogens with zero attached hydrogens (tertiary/aromatic N) is 2. The van der Waals surface area contributed by atoms with Gasteiger partial charge in [0.25, 0.3) is 0 Å². The van der Waals surface area contributed by atoms with Gasteiger partial charge in [0.2, 0.25) is 11.8 Å². The molecule has 0 saturated carbocycles. The van der Waals surface area contributed by atoms with E-state index in [1.165, 1.54) is 0 Å². The first-order valence-electron chi connectivity index (χ1n) is 9.35. The van der Waals surface area contributed by atoms with E-state index in [1.807, 2.05) is 68.8 Å². The molecule has 5 heteroatoms. The standard InChI is InChI=1S/C21H32N2O3/c1-15(17-9-7-8-10-18(17)26-6)22(5)19(24)16-11-13-23(14-12-16)20(25)21(2,3)4/h7-10,15-16H,11-14H2,1-6H3. The van der Waals surface area contributed by atoms with Gasteiger partial charge in [-0.05, 0) is 25.8 Å². The maximum Gasteiger partial charge on any atom is 0.227 e. The van der Waals surface area contributed by atoms with E-state index in [4.69, 9.17) is 4.74 Å². The Kier molecular flexibility index (Phi) is 6.32. The lowest BCUT2D eigenvalue weighted by Crippen LogP contribution is -2.47. The highest BCUT2D eigenvalue weighted by atomic mass is 16.5. The van der Waals surface area contributed by atoms with Crippen LogP contribution < -0.4 is 4.74 Å². The fourth-order valence-corrected chi connectivity index (χ4v) is 3.50. The smallest absolute Gasteiger partial charge is 0.227 e. The van der Waals surface area contributed by atoms with E-state index < -0.39 is 0 Å². The Labute approximate surface area is 157 Å². The third-order valence-corrected chi connectivity index (χ3v) is 5.29. The van der Waals surface area contributed by atoms with Crippen LogP contribution in [0.2, 0.25) is 0 Å². The van der Waals surface area contributed by atoms with E-state index in [1.54, 1.807) is 7.11 Å². The number of carbonyl (C=O) groups excluding carboxylic acids is 2. The van der Waals surface area contributed by atoms with Gasteiger partial charge in [-0.1, -0.05) is 39.0 Å². The summed E-state index contributed by atoms with van der Waals surface area (Å²) in [6.07, 6.45) is 1.45. The predicted octanol–water partition coefficient (Wildman–Crippen LogP) is 3.50. The largest absolute Gasteiger partial charge is 0.496 e. The lowest BCUT2D eigenvalue weighted by Gasteiger charge is -2.37. The minimum absolute atomic E-state index is 0.0267. The summed E-state index contributed by atoms with van der Waals surface area (Å²) in [7, 11) is 3.50. The van der Waals surface area contributed by atoms with Crippen LogP contribution in [-0.2, 0) is 9.59 Å². The zero-order chi connectivity index (χ0) is 19.5. The van der Waals surface area contributed by atoms with Gasteiger partial charge in [0.15, 0.2) is 0 Å². The van der Waals surface area contributed by atoms with Crippen LogP contribution in [0.15, 0.2) is 24.3 Å². The van der Waals surface area contributed by atoms with E-state index in [2.05, 4.69) is 0 Å². The van der Waals surface area contributed by atoms with Crippen molar-refractivity contribution in [1.29, 1.82) is 0 Å². The van der Waals surface area contributed by atoms with Gasteiger partial charge < -0.3 is 14.5 Å². The van der Waals surface area contributed by atoms with Crippen LogP contribution in [-0.4, -0.2) is 48.9 Å². The molecule has 0 radical (unpaired) electrons. The van der Waals surface area contributed by atoms with Crippen LogP contribution in [0.4, 0.5) is 0 Å². The number of likely N-dealkylation sites (tertiary alicyclic amines) is 1. The number of hydrogen-bond acceptors (Lipinski definition) is 3. The molecule has 2 amide bonds. The molecule has 1 unspecified atom stereocenters. The Hall–Kier alpha value is -2.04. The molecule has 1 fully saturated rings. The summed E-state index contributed by atoms with van der Waals surface area (Å²) in [5.74, 6) is 1.08. The van der Waals surface area contributed by atoms with E-state index in [0.29, 0.717) is 13.1 Å². The average molecular weight is 360 g/mol. The molecular formula is C21H32N2O3. The van der Waals surface area contributed by atoms with Crippen LogP contribution in [0, 0.1) is 11.3 Å². The number of benzene rings is 1. The second kappa shape index (κ2) is 8.11. The summed E-state index contributed by atoms with van der Waals surface area (Å²) in [6, 6.07) is 7.74. The second-order valence-corrected chi connectivity index (χ2v) is 8.18. The number of piperidine rings is 1. The zero-order valence-corrected chi connectivity index (χ0v) is 16.9. The van der Waals surface area contributed by atoms with Crippen LogP contribution >= 0.6 is 0 Å². The number of methoxy groups -OCH3 is 1. The molecule has 144 valence electrons.